The normalized spacial score (nSPS) is 12.0. The van der Waals surface area contributed by atoms with Gasteiger partial charge in [0, 0.05) is 58.0 Å². The summed E-state index contributed by atoms with van der Waals surface area (Å²) in [7, 11) is -3.33. The average molecular weight is 672 g/mol. The second-order valence-electron chi connectivity index (χ2n) is 10.3. The molecule has 1 N–H and O–H groups in total. The predicted octanol–water partition coefficient (Wildman–Crippen LogP) is 8.61. The minimum absolute atomic E-state index is 0.232. The molecule has 0 spiro atoms. The lowest BCUT2D eigenvalue weighted by molar-refractivity contribution is 0.102. The topological polar surface area (TPSA) is 102 Å². The number of rotatable bonds is 7. The summed E-state index contributed by atoms with van der Waals surface area (Å²) in [6.07, 6.45) is 9.58. The van der Waals surface area contributed by atoms with Gasteiger partial charge in [0.2, 0.25) is 0 Å². The number of amides is 1. The maximum atomic E-state index is 13.4. The van der Waals surface area contributed by atoms with Crippen LogP contribution in [0.4, 0.5) is 5.69 Å². The Bertz CT molecular complexity index is 2210. The van der Waals surface area contributed by atoms with Crippen LogP contribution in [0.15, 0.2) is 102 Å². The van der Waals surface area contributed by atoms with Crippen LogP contribution in [0, 0.1) is 6.92 Å². The lowest BCUT2D eigenvalue weighted by Crippen LogP contribution is -2.13. The van der Waals surface area contributed by atoms with Gasteiger partial charge < -0.3 is 5.32 Å². The quantitative estimate of drug-likeness (QED) is 0.171. The fraction of sp³-hybridized carbons (Fsp3) is 0.0588. The van der Waals surface area contributed by atoms with Crippen molar-refractivity contribution >= 4 is 78.5 Å². The molecular weight excluding hydrogens is 647 g/mol. The van der Waals surface area contributed by atoms with Gasteiger partial charge in [-0.15, -0.1) is 11.3 Å². The average Bonchev–Trinajstić information content (AvgIpc) is 3.46. The molecule has 0 saturated carbocycles. The zero-order valence-electron chi connectivity index (χ0n) is 24.0. The Morgan fingerprint density at radius 1 is 0.889 bits per heavy atom. The molecule has 7 nitrogen and oxygen atoms in total. The lowest BCUT2D eigenvalue weighted by Gasteiger charge is -2.13. The van der Waals surface area contributed by atoms with Gasteiger partial charge in [-0.25, -0.2) is 13.4 Å². The summed E-state index contributed by atoms with van der Waals surface area (Å²) in [5.41, 5.74) is 5.62. The van der Waals surface area contributed by atoms with Crippen LogP contribution in [0.5, 0.6) is 0 Å². The fourth-order valence-corrected chi connectivity index (χ4v) is 6.74. The van der Waals surface area contributed by atoms with E-state index in [-0.39, 0.29) is 26.5 Å². The third kappa shape index (κ3) is 6.67. The Morgan fingerprint density at radius 2 is 1.64 bits per heavy atom. The van der Waals surface area contributed by atoms with Crippen molar-refractivity contribution in [2.45, 2.75) is 11.8 Å². The molecule has 6 aromatic rings. The Kier molecular flexibility index (Phi) is 8.52. The number of thiazole rings is 1. The summed E-state index contributed by atoms with van der Waals surface area (Å²) in [6.45, 7) is 1.99. The third-order valence-corrected chi connectivity index (χ3v) is 9.66. The van der Waals surface area contributed by atoms with Crippen LogP contribution in [-0.2, 0) is 9.84 Å². The van der Waals surface area contributed by atoms with E-state index in [1.54, 1.807) is 53.9 Å². The van der Waals surface area contributed by atoms with Gasteiger partial charge in [-0.05, 0) is 66.1 Å². The summed E-state index contributed by atoms with van der Waals surface area (Å²) >= 11 is 14.1. The number of aromatic nitrogens is 3. The number of benzene rings is 3. The molecule has 1 amide bonds. The molecule has 0 bridgehead atoms. The molecule has 0 unspecified atom stereocenters. The smallest absolute Gasteiger partial charge is 0.255 e. The first kappa shape index (κ1) is 30.6. The molecule has 0 saturated heterocycles. The van der Waals surface area contributed by atoms with Crippen molar-refractivity contribution in [3.8, 4) is 11.1 Å². The maximum absolute atomic E-state index is 13.4. The largest absolute Gasteiger partial charge is 0.319 e. The van der Waals surface area contributed by atoms with Crippen molar-refractivity contribution in [1.29, 1.82) is 0 Å². The summed E-state index contributed by atoms with van der Waals surface area (Å²) in [5.74, 6) is -0.382. The molecule has 11 heteroatoms. The van der Waals surface area contributed by atoms with Crippen LogP contribution in [0.2, 0.25) is 10.0 Å². The standard InChI is InChI=1S/C34H24Cl2N4O3S2/c1-20-17-39-34(44-20)28(22-8-10-26(11-9-22)45(2,42)43)14-21-5-3-6-23(13-21)27-16-25(15-24-7-4-12-38-31(24)27)33(41)40-32-29(35)18-37-19-30(32)36/h3-19H,1-2H3,(H,37,40,41). The number of sulfone groups is 1. The molecule has 0 aliphatic rings. The zero-order valence-corrected chi connectivity index (χ0v) is 27.1. The van der Waals surface area contributed by atoms with E-state index in [1.165, 1.54) is 18.6 Å². The van der Waals surface area contributed by atoms with Crippen molar-refractivity contribution in [1.82, 2.24) is 15.0 Å². The van der Waals surface area contributed by atoms with E-state index in [0.717, 1.165) is 48.6 Å². The third-order valence-electron chi connectivity index (χ3n) is 7.01. The first-order chi connectivity index (χ1) is 21.6. The van der Waals surface area contributed by atoms with Crippen molar-refractivity contribution in [3.63, 3.8) is 0 Å². The van der Waals surface area contributed by atoms with Gasteiger partial charge in [0.1, 0.15) is 5.01 Å². The number of pyridine rings is 2. The summed E-state index contributed by atoms with van der Waals surface area (Å²) in [5, 5.41) is 4.87. The highest BCUT2D eigenvalue weighted by molar-refractivity contribution is 7.90. The highest BCUT2D eigenvalue weighted by Gasteiger charge is 2.17. The Balaban J connectivity index is 1.44. The molecule has 3 heterocycles. The van der Waals surface area contributed by atoms with E-state index in [1.807, 2.05) is 55.6 Å². The summed E-state index contributed by atoms with van der Waals surface area (Å²) in [6, 6.07) is 22.0. The number of halogens is 2. The van der Waals surface area contributed by atoms with Crippen LogP contribution >= 0.6 is 34.5 Å². The molecule has 45 heavy (non-hydrogen) atoms. The number of hydrogen-bond donors (Lipinski definition) is 1. The Labute approximate surface area is 274 Å². The van der Waals surface area contributed by atoms with E-state index in [0.29, 0.717) is 5.56 Å². The lowest BCUT2D eigenvalue weighted by atomic mass is 9.96. The highest BCUT2D eigenvalue weighted by atomic mass is 35.5. The zero-order chi connectivity index (χ0) is 31.7. The number of hydrogen-bond acceptors (Lipinski definition) is 7. The molecular formula is C34H24Cl2N4O3S2. The van der Waals surface area contributed by atoms with Gasteiger partial charge in [-0.1, -0.05) is 59.6 Å². The summed E-state index contributed by atoms with van der Waals surface area (Å²) in [4.78, 5) is 27.9. The number of aryl methyl sites for hydroxylation is 1. The summed E-state index contributed by atoms with van der Waals surface area (Å²) < 4.78 is 24.1. The first-order valence-electron chi connectivity index (χ1n) is 13.6. The second kappa shape index (κ2) is 12.5. The van der Waals surface area contributed by atoms with E-state index in [4.69, 9.17) is 23.2 Å². The molecule has 0 aliphatic carbocycles. The molecule has 0 radical (unpaired) electrons. The number of fused-ring (bicyclic) bond motifs is 1. The SMILES string of the molecule is Cc1cnc(C(=Cc2cccc(-c3cc(C(=O)Nc4c(Cl)cncc4Cl)cc4cccnc34)c2)c2ccc(S(C)(=O)=O)cc2)s1. The van der Waals surface area contributed by atoms with Gasteiger partial charge in [0.15, 0.2) is 9.84 Å². The number of nitrogens with one attached hydrogen (secondary N) is 1. The number of carbonyl (C=O) groups excluding carboxylic acids is 1. The van der Waals surface area contributed by atoms with Crippen LogP contribution in [0.25, 0.3) is 33.7 Å². The molecule has 0 atom stereocenters. The van der Waals surface area contributed by atoms with Crippen LogP contribution in [0.1, 0.15) is 31.4 Å². The van der Waals surface area contributed by atoms with Crippen molar-refractivity contribution < 1.29 is 13.2 Å². The number of nitrogens with zero attached hydrogens (tertiary/aromatic N) is 3. The van der Waals surface area contributed by atoms with Gasteiger partial charge >= 0.3 is 0 Å². The van der Waals surface area contributed by atoms with Gasteiger partial charge in [-0.3, -0.25) is 14.8 Å². The van der Waals surface area contributed by atoms with Gasteiger partial charge in [-0.2, -0.15) is 0 Å². The molecule has 3 aromatic heterocycles. The monoisotopic (exact) mass is 670 g/mol. The van der Waals surface area contributed by atoms with E-state index in [9.17, 15) is 13.2 Å². The Morgan fingerprint density at radius 3 is 2.33 bits per heavy atom. The van der Waals surface area contributed by atoms with E-state index >= 15 is 0 Å². The van der Waals surface area contributed by atoms with Crippen molar-refractivity contribution in [2.24, 2.45) is 0 Å². The minimum Gasteiger partial charge on any atom is -0.319 e. The minimum atomic E-state index is -3.33. The number of anilines is 1. The van der Waals surface area contributed by atoms with Crippen molar-refractivity contribution in [2.75, 3.05) is 11.6 Å². The molecule has 0 fully saturated rings. The molecule has 3 aromatic carbocycles. The van der Waals surface area contributed by atoms with Crippen LogP contribution < -0.4 is 5.32 Å². The van der Waals surface area contributed by atoms with Crippen LogP contribution in [-0.4, -0.2) is 35.5 Å². The molecule has 6 rings (SSSR count). The van der Waals surface area contributed by atoms with Gasteiger partial charge in [0.25, 0.3) is 5.91 Å². The maximum Gasteiger partial charge on any atom is 0.255 e. The van der Waals surface area contributed by atoms with E-state index in [2.05, 4.69) is 20.3 Å². The molecule has 0 aliphatic heterocycles. The second-order valence-corrected chi connectivity index (χ2v) is 14.4. The van der Waals surface area contributed by atoms with Crippen molar-refractivity contribution in [3.05, 3.63) is 134 Å². The van der Waals surface area contributed by atoms with Crippen LogP contribution in [0.3, 0.4) is 0 Å². The fourth-order valence-electron chi connectivity index (χ4n) is 4.85. The van der Waals surface area contributed by atoms with E-state index < -0.39 is 9.84 Å². The Hall–Kier alpha value is -4.41. The molecule has 224 valence electrons. The first-order valence-corrected chi connectivity index (χ1v) is 17.1. The number of carbonyl (C=O) groups is 1. The highest BCUT2D eigenvalue weighted by Crippen LogP contribution is 2.34. The van der Waals surface area contributed by atoms with Gasteiger partial charge in [0.05, 0.1) is 26.1 Å². The predicted molar refractivity (Wildman–Crippen MR) is 183 cm³/mol.